The molecule has 1 atom stereocenters. The first-order valence-corrected chi connectivity index (χ1v) is 12.5. The van der Waals surface area contributed by atoms with Gasteiger partial charge in [-0.2, -0.15) is 0 Å². The van der Waals surface area contributed by atoms with E-state index in [0.717, 1.165) is 37.7 Å². The Morgan fingerprint density at radius 1 is 1.20 bits per heavy atom. The second kappa shape index (κ2) is 9.67. The van der Waals surface area contributed by atoms with Crippen LogP contribution in [0.2, 0.25) is 18.1 Å². The summed E-state index contributed by atoms with van der Waals surface area (Å²) >= 11 is 0. The second-order valence-corrected chi connectivity index (χ2v) is 13.2. The van der Waals surface area contributed by atoms with Crippen molar-refractivity contribution in [2.24, 2.45) is 0 Å². The minimum atomic E-state index is -1.84. The van der Waals surface area contributed by atoms with Gasteiger partial charge in [-0.3, -0.25) is 9.59 Å². The average Bonchev–Trinajstić information content (AvgIpc) is 2.81. The van der Waals surface area contributed by atoms with Gasteiger partial charge in [-0.15, -0.1) is 0 Å². The molecule has 4 nitrogen and oxygen atoms in total. The maximum absolute atomic E-state index is 12.2. The summed E-state index contributed by atoms with van der Waals surface area (Å²) in [6.45, 7) is 13.4. The highest BCUT2D eigenvalue weighted by Gasteiger charge is 2.40. The van der Waals surface area contributed by atoms with Crippen molar-refractivity contribution in [2.75, 3.05) is 6.61 Å². The van der Waals surface area contributed by atoms with Crippen LogP contribution in [-0.4, -0.2) is 32.8 Å². The van der Waals surface area contributed by atoms with E-state index in [1.807, 2.05) is 6.92 Å². The number of unbranched alkanes of at least 4 members (excludes halogenated alkanes) is 3. The van der Waals surface area contributed by atoms with E-state index in [9.17, 15) is 9.59 Å². The summed E-state index contributed by atoms with van der Waals surface area (Å²) in [5, 5.41) is 0.158. The zero-order valence-electron chi connectivity index (χ0n) is 16.9. The van der Waals surface area contributed by atoms with Crippen molar-refractivity contribution in [3.63, 3.8) is 0 Å². The summed E-state index contributed by atoms with van der Waals surface area (Å²) in [5.74, 6) is 0.136. The Balaban J connectivity index is 2.32. The van der Waals surface area contributed by atoms with Gasteiger partial charge in [0.1, 0.15) is 0 Å². The number of carbonyl (C=O) groups is 2. The van der Waals surface area contributed by atoms with Crippen LogP contribution in [0.15, 0.2) is 11.6 Å². The number of hydrogen-bond acceptors (Lipinski definition) is 4. The van der Waals surface area contributed by atoms with Gasteiger partial charge in [0.15, 0.2) is 14.1 Å². The molecule has 5 heteroatoms. The van der Waals surface area contributed by atoms with Gasteiger partial charge >= 0.3 is 5.97 Å². The van der Waals surface area contributed by atoms with Crippen LogP contribution in [-0.2, 0) is 18.8 Å². The van der Waals surface area contributed by atoms with Crippen molar-refractivity contribution in [3.8, 4) is 0 Å². The topological polar surface area (TPSA) is 52.6 Å². The predicted molar refractivity (Wildman–Crippen MR) is 104 cm³/mol. The summed E-state index contributed by atoms with van der Waals surface area (Å²) in [5.41, 5.74) is 0.939. The lowest BCUT2D eigenvalue weighted by Crippen LogP contribution is -2.43. The van der Waals surface area contributed by atoms with Crippen molar-refractivity contribution in [1.82, 2.24) is 0 Å². The van der Waals surface area contributed by atoms with Crippen LogP contribution < -0.4 is 0 Å². The third-order valence-electron chi connectivity index (χ3n) is 5.27. The average molecular weight is 369 g/mol. The molecule has 0 aromatic carbocycles. The second-order valence-electron chi connectivity index (χ2n) is 8.46. The number of esters is 1. The molecule has 0 unspecified atom stereocenters. The highest BCUT2D eigenvalue weighted by atomic mass is 28.4. The molecule has 0 aromatic heterocycles. The third-order valence-corrected chi connectivity index (χ3v) is 9.77. The number of rotatable bonds is 10. The van der Waals surface area contributed by atoms with Crippen LogP contribution >= 0.6 is 0 Å². The number of Topliss-reactive ketones (excluding diaryl/α,β-unsaturated/α-hetero) is 1. The van der Waals surface area contributed by atoms with E-state index in [0.29, 0.717) is 19.4 Å². The van der Waals surface area contributed by atoms with Gasteiger partial charge in [0.05, 0.1) is 12.7 Å². The van der Waals surface area contributed by atoms with Crippen molar-refractivity contribution >= 4 is 20.1 Å². The zero-order valence-corrected chi connectivity index (χ0v) is 17.9. The molecule has 0 fully saturated rings. The first kappa shape index (κ1) is 22.1. The van der Waals surface area contributed by atoms with Gasteiger partial charge in [0.2, 0.25) is 0 Å². The first-order valence-electron chi connectivity index (χ1n) is 9.64. The predicted octanol–water partition coefficient (Wildman–Crippen LogP) is 5.18. The lowest BCUT2D eigenvalue weighted by molar-refractivity contribution is -0.143. The Morgan fingerprint density at radius 2 is 1.84 bits per heavy atom. The molecule has 0 aliphatic heterocycles. The SMILES string of the molecule is CCOC(=O)CCCCCCC1=C[C@H](O[Si](C)(C)C(C)(C)C)CC1=O. The monoisotopic (exact) mass is 368 g/mol. The maximum atomic E-state index is 12.2. The highest BCUT2D eigenvalue weighted by molar-refractivity contribution is 6.74. The van der Waals surface area contributed by atoms with Crippen LogP contribution in [0.25, 0.3) is 0 Å². The Labute approximate surface area is 154 Å². The maximum Gasteiger partial charge on any atom is 0.305 e. The molecule has 0 saturated heterocycles. The number of allylic oxidation sites excluding steroid dienone is 1. The quantitative estimate of drug-likeness (QED) is 0.303. The molecule has 0 radical (unpaired) electrons. The molecule has 0 amide bonds. The minimum absolute atomic E-state index is 0.0350. The van der Waals surface area contributed by atoms with Crippen molar-refractivity contribution in [3.05, 3.63) is 11.6 Å². The molecule has 0 bridgehead atoms. The van der Waals surface area contributed by atoms with E-state index in [-0.39, 0.29) is 22.9 Å². The summed E-state index contributed by atoms with van der Waals surface area (Å²) in [6.07, 6.45) is 7.75. The molecular formula is C20H36O4Si. The summed E-state index contributed by atoms with van der Waals surface area (Å²) in [4.78, 5) is 23.5. The summed E-state index contributed by atoms with van der Waals surface area (Å²) in [6, 6.07) is 0. The summed E-state index contributed by atoms with van der Waals surface area (Å²) in [7, 11) is -1.84. The first-order chi connectivity index (χ1) is 11.6. The molecule has 1 rings (SSSR count). The van der Waals surface area contributed by atoms with Crippen LogP contribution in [0.3, 0.4) is 0 Å². The molecule has 0 N–H and O–H groups in total. The molecule has 0 saturated carbocycles. The lowest BCUT2D eigenvalue weighted by Gasteiger charge is -2.37. The van der Waals surface area contributed by atoms with Gasteiger partial charge in [-0.05, 0) is 56.0 Å². The van der Waals surface area contributed by atoms with Gasteiger partial charge in [0.25, 0.3) is 0 Å². The third kappa shape index (κ3) is 7.44. The van der Waals surface area contributed by atoms with Crippen molar-refractivity contribution in [2.45, 2.75) is 96.9 Å². The molecule has 25 heavy (non-hydrogen) atoms. The molecule has 1 aliphatic carbocycles. The van der Waals surface area contributed by atoms with E-state index < -0.39 is 8.32 Å². The molecule has 0 heterocycles. The van der Waals surface area contributed by atoms with Crippen LogP contribution in [0, 0.1) is 0 Å². The van der Waals surface area contributed by atoms with Crippen molar-refractivity contribution in [1.29, 1.82) is 0 Å². The molecular weight excluding hydrogens is 332 g/mol. The van der Waals surface area contributed by atoms with E-state index in [1.165, 1.54) is 0 Å². The standard InChI is InChI=1S/C20H36O4Si/c1-7-23-19(22)13-11-9-8-10-12-16-14-17(15-18(16)21)24-25(5,6)20(2,3)4/h14,17H,7-13,15H2,1-6H3/t17-/m0/s1. The summed E-state index contributed by atoms with van der Waals surface area (Å²) < 4.78 is 11.3. The van der Waals surface area contributed by atoms with Gasteiger partial charge in [-0.25, -0.2) is 0 Å². The Hall–Kier alpha value is -0.943. The molecule has 1 aliphatic rings. The minimum Gasteiger partial charge on any atom is -0.466 e. The van der Waals surface area contributed by atoms with Crippen LogP contribution in [0.1, 0.15) is 72.6 Å². The van der Waals surface area contributed by atoms with E-state index in [4.69, 9.17) is 9.16 Å². The van der Waals surface area contributed by atoms with Crippen LogP contribution in [0.5, 0.6) is 0 Å². The van der Waals surface area contributed by atoms with Gasteiger partial charge < -0.3 is 9.16 Å². The normalized spacial score (nSPS) is 18.4. The molecule has 144 valence electrons. The number of ketones is 1. The smallest absolute Gasteiger partial charge is 0.305 e. The Kier molecular flexibility index (Phi) is 8.55. The van der Waals surface area contributed by atoms with E-state index >= 15 is 0 Å². The van der Waals surface area contributed by atoms with E-state index in [2.05, 4.69) is 39.9 Å². The van der Waals surface area contributed by atoms with E-state index in [1.54, 1.807) is 0 Å². The Bertz CT molecular complexity index is 488. The largest absolute Gasteiger partial charge is 0.466 e. The number of carbonyl (C=O) groups excluding carboxylic acids is 2. The zero-order chi connectivity index (χ0) is 19.1. The van der Waals surface area contributed by atoms with Crippen LogP contribution in [0.4, 0.5) is 0 Å². The Morgan fingerprint density at radius 3 is 2.44 bits per heavy atom. The van der Waals surface area contributed by atoms with Gasteiger partial charge in [-0.1, -0.05) is 33.6 Å². The lowest BCUT2D eigenvalue weighted by atomic mass is 10.0. The fourth-order valence-corrected chi connectivity index (χ4v) is 3.98. The fraction of sp³-hybridized carbons (Fsp3) is 0.800. The number of ether oxygens (including phenoxy) is 1. The highest BCUT2D eigenvalue weighted by Crippen LogP contribution is 2.39. The number of hydrogen-bond donors (Lipinski definition) is 0. The molecule has 0 spiro atoms. The van der Waals surface area contributed by atoms with Crippen molar-refractivity contribution < 1.29 is 18.8 Å². The fourth-order valence-electron chi connectivity index (χ4n) is 2.72. The molecule has 0 aromatic rings. The van der Waals surface area contributed by atoms with Gasteiger partial charge in [0, 0.05) is 12.8 Å².